The first-order chi connectivity index (χ1) is 54.6. The zero-order valence-corrected chi connectivity index (χ0v) is 66.1. The normalized spacial score (nSPS) is 9.81. The highest BCUT2D eigenvalue weighted by atomic mass is 35.5. The first-order valence-electron chi connectivity index (χ1n) is 32.9. The van der Waals surface area contributed by atoms with Crippen molar-refractivity contribution in [3.8, 4) is 18.0 Å². The van der Waals surface area contributed by atoms with Gasteiger partial charge in [-0.1, -0.05) is 193 Å². The van der Waals surface area contributed by atoms with Crippen LogP contribution < -0.4 is 41.6 Å². The number of methoxy groups -OCH3 is 2. The van der Waals surface area contributed by atoms with Crippen LogP contribution in [0.2, 0.25) is 41.7 Å². The van der Waals surface area contributed by atoms with Crippen LogP contribution in [0.25, 0.3) is 0 Å². The molecule has 0 saturated carbocycles. The number of aliphatic hydroxyl groups is 1. The number of esters is 2. The van der Waals surface area contributed by atoms with E-state index in [1.54, 1.807) is 48.5 Å². The van der Waals surface area contributed by atoms with E-state index in [1.807, 2.05) is 201 Å². The molecule has 0 fully saturated rings. The summed E-state index contributed by atoms with van der Waals surface area (Å²) in [6.45, 7) is 4.33. The average Bonchev–Trinajstić information content (AvgIpc) is 0.847. The molecule has 13 aromatic rings. The van der Waals surface area contributed by atoms with Gasteiger partial charge < -0.3 is 56.2 Å². The molecule has 0 spiro atoms. The minimum Gasteiger partial charge on any atom is -0.465 e. The highest BCUT2D eigenvalue weighted by Gasteiger charge is 2.13. The number of halogens is 8. The maximum Gasteiger partial charge on any atom is 0.373 e. The van der Waals surface area contributed by atoms with Crippen molar-refractivity contribution in [2.75, 3.05) is 35.9 Å². The molecule has 0 aliphatic rings. The van der Waals surface area contributed by atoms with Crippen molar-refractivity contribution in [2.24, 2.45) is 5.73 Å². The quantitative estimate of drug-likeness (QED) is 0.0305. The Balaban J connectivity index is 0.000000217. The number of nitrogens with zero attached hydrogens (tertiary/aromatic N) is 12. The Morgan fingerprint density at radius 1 is 0.389 bits per heavy atom. The topological polar surface area (TPSA) is 377 Å². The van der Waals surface area contributed by atoms with Crippen LogP contribution in [0.5, 0.6) is 18.0 Å². The molecule has 582 valence electrons. The highest BCUT2D eigenvalue weighted by molar-refractivity contribution is 6.34. The first kappa shape index (κ1) is 90.1. The predicted octanol–water partition coefficient (Wildman–Crippen LogP) is 17.4. The SMILES string of the molecule is COC(=O)c1cccc(N)c1.COC(=O)c1cccc(Nc2nc(Cl)nc(OCc3ccccc3)n2)c1.Cc1cccc(Nc2nc(NCc3ccc(Cl)cc3)nc(OCc3ccccc3)n2)c1.Clc1nc(Cl)nc(Cl)n1.Clc1nc(Cl)nc(OCc2ccccc2)n1.NCc1ccc(Cl)cc1.O=C=O.OCc1ccccc1. The lowest BCUT2D eigenvalue weighted by Gasteiger charge is -2.11. The van der Waals surface area contributed by atoms with Crippen LogP contribution in [-0.2, 0) is 58.6 Å². The number of aryl methyl sites for hydroxylation is 1. The summed E-state index contributed by atoms with van der Waals surface area (Å²) >= 11 is 44.7. The zero-order valence-electron chi connectivity index (χ0n) is 60.0. The number of rotatable bonds is 20. The molecule has 35 heteroatoms. The van der Waals surface area contributed by atoms with Gasteiger partial charge in [-0.05, 0) is 188 Å². The van der Waals surface area contributed by atoms with Crippen LogP contribution in [0.1, 0.15) is 59.7 Å². The zero-order chi connectivity index (χ0) is 81.5. The maximum atomic E-state index is 11.6. The second kappa shape index (κ2) is 50.9. The van der Waals surface area contributed by atoms with E-state index in [0.29, 0.717) is 72.3 Å². The van der Waals surface area contributed by atoms with E-state index in [1.165, 1.54) is 14.2 Å². The Morgan fingerprint density at radius 3 is 1.15 bits per heavy atom. The Kier molecular flexibility index (Phi) is 40.5. The van der Waals surface area contributed by atoms with Gasteiger partial charge in [-0.2, -0.15) is 69.4 Å². The van der Waals surface area contributed by atoms with Crippen molar-refractivity contribution < 1.29 is 48.0 Å². The second-order valence-corrected chi connectivity index (χ2v) is 24.8. The number of carbonyl (C=O) groups excluding carboxylic acids is 4. The van der Waals surface area contributed by atoms with E-state index < -0.39 is 5.97 Å². The van der Waals surface area contributed by atoms with Gasteiger partial charge in [0.15, 0.2) is 0 Å². The second-order valence-electron chi connectivity index (χ2n) is 21.9. The van der Waals surface area contributed by atoms with Crippen molar-refractivity contribution in [2.45, 2.75) is 46.4 Å². The van der Waals surface area contributed by atoms with Crippen molar-refractivity contribution in [3.05, 3.63) is 334 Å². The van der Waals surface area contributed by atoms with Gasteiger partial charge in [0.2, 0.25) is 49.5 Å². The molecular formula is C78H69Cl8N17O10. The number of hydrogen-bond donors (Lipinski definition) is 6. The van der Waals surface area contributed by atoms with Crippen molar-refractivity contribution >= 4 is 146 Å². The Hall–Kier alpha value is -11.8. The fraction of sp³-hybridized carbons (Fsp3) is 0.115. The fourth-order valence-electron chi connectivity index (χ4n) is 8.45. The number of ether oxygens (including phenoxy) is 5. The third-order valence-corrected chi connectivity index (χ3v) is 15.1. The molecule has 113 heavy (non-hydrogen) atoms. The van der Waals surface area contributed by atoms with E-state index >= 15 is 0 Å². The van der Waals surface area contributed by atoms with Gasteiger partial charge in [0, 0.05) is 40.2 Å². The first-order valence-corrected chi connectivity index (χ1v) is 35.9. The number of hydrogen-bond acceptors (Lipinski definition) is 27. The summed E-state index contributed by atoms with van der Waals surface area (Å²) in [5.74, 6) is 0.229. The predicted molar refractivity (Wildman–Crippen MR) is 435 cm³/mol. The molecule has 4 aromatic heterocycles. The van der Waals surface area contributed by atoms with Crippen LogP contribution in [0.4, 0.5) is 34.9 Å². The number of aliphatic hydroxyl groups excluding tert-OH is 1. The molecule has 0 saturated heterocycles. The molecule has 0 amide bonds. The van der Waals surface area contributed by atoms with Crippen LogP contribution in [0, 0.1) is 6.92 Å². The molecule has 13 rings (SSSR count). The Bertz CT molecular complexity index is 4990. The van der Waals surface area contributed by atoms with Gasteiger partial charge >= 0.3 is 36.1 Å². The molecule has 4 heterocycles. The van der Waals surface area contributed by atoms with Gasteiger partial charge in [-0.25, -0.2) is 9.59 Å². The molecule has 9 aromatic carbocycles. The molecule has 27 nitrogen and oxygen atoms in total. The highest BCUT2D eigenvalue weighted by Crippen LogP contribution is 2.23. The van der Waals surface area contributed by atoms with Gasteiger partial charge in [-0.3, -0.25) is 0 Å². The summed E-state index contributed by atoms with van der Waals surface area (Å²) in [6.07, 6.45) is 0.250. The number of nitrogens with one attached hydrogen (secondary N) is 3. The number of nitrogen functional groups attached to an aromatic ring is 1. The lowest BCUT2D eigenvalue weighted by atomic mass is 10.2. The number of benzene rings is 9. The number of aromatic nitrogens is 12. The van der Waals surface area contributed by atoms with Gasteiger partial charge in [-0.15, -0.1) is 0 Å². The molecule has 0 radical (unpaired) electrons. The summed E-state index contributed by atoms with van der Waals surface area (Å²) in [5.41, 5.74) is 21.0. The Labute approximate surface area is 689 Å². The lowest BCUT2D eigenvalue weighted by molar-refractivity contribution is -0.191. The van der Waals surface area contributed by atoms with E-state index in [9.17, 15) is 9.59 Å². The number of carbonyl (C=O) groups is 2. The molecule has 0 unspecified atom stereocenters. The summed E-state index contributed by atoms with van der Waals surface area (Å²) in [7, 11) is 2.66. The molecule has 0 atom stereocenters. The van der Waals surface area contributed by atoms with E-state index in [4.69, 9.17) is 138 Å². The fourth-order valence-corrected chi connectivity index (χ4v) is 9.81. The monoisotopic (exact) mass is 1680 g/mol. The lowest BCUT2D eigenvalue weighted by Crippen LogP contribution is -2.09. The summed E-state index contributed by atoms with van der Waals surface area (Å²) in [4.78, 5) is 85.8. The van der Waals surface area contributed by atoms with Crippen LogP contribution >= 0.6 is 92.8 Å². The van der Waals surface area contributed by atoms with Crippen molar-refractivity contribution in [3.63, 3.8) is 0 Å². The molecule has 8 N–H and O–H groups in total. The van der Waals surface area contributed by atoms with Crippen LogP contribution in [0.3, 0.4) is 0 Å². The smallest absolute Gasteiger partial charge is 0.373 e. The van der Waals surface area contributed by atoms with E-state index in [-0.39, 0.29) is 74.4 Å². The standard InChI is InChI=1S/C24H22ClN5O.C18H15ClN4O3.C10H7Cl2N3O.C8H9NO2.C7H8ClN.C7H8O.C3Cl3N3.CO2/c1-17-6-5-9-21(14-17)27-23-28-22(26-15-18-10-12-20(25)13-11-18)29-24(30-23)31-16-19-7-3-2-4-8-19;1-25-15(24)13-8-5-9-14(10-13)20-17-21-16(19)22-18(23-17)26-11-12-6-3-2-4-7-12;11-8-13-9(12)15-10(14-8)16-6-7-4-2-1-3-5-7;1-11-8(10)6-3-2-4-7(9)5-6;8-7-3-1-6(5-9)2-4-7;8-6-7-4-2-1-3-5-7;4-1-7-2(5)9-3(6)8-1;2-1-3/h2-14H,15-16H2,1H3,(H2,26,27,28,29,30);2-10H,11H2,1H3,(H,20,21,22,23);1-5H,6H2;2-5H,9H2,1H3;1-4H,5,9H2;1-5,8H,6H2;;. The summed E-state index contributed by atoms with van der Waals surface area (Å²) in [6, 6.07) is 75.6. The number of anilines is 6. The number of nitrogens with two attached hydrogens (primary N) is 2. The van der Waals surface area contributed by atoms with E-state index in [2.05, 4.69) is 80.5 Å². The Morgan fingerprint density at radius 2 is 0.743 bits per heavy atom. The average molecular weight is 1690 g/mol. The molecule has 0 bridgehead atoms. The minimum absolute atomic E-state index is 0.000000000000000444. The summed E-state index contributed by atoms with van der Waals surface area (Å²) in [5, 5.41) is 19.5. The maximum absolute atomic E-state index is 11.6. The van der Waals surface area contributed by atoms with Gasteiger partial charge in [0.25, 0.3) is 0 Å². The van der Waals surface area contributed by atoms with Crippen LogP contribution in [0.15, 0.2) is 243 Å². The third-order valence-electron chi connectivity index (χ3n) is 13.6. The van der Waals surface area contributed by atoms with Crippen molar-refractivity contribution in [1.29, 1.82) is 0 Å². The minimum atomic E-state index is -0.436. The molecule has 0 aliphatic carbocycles. The van der Waals surface area contributed by atoms with Crippen molar-refractivity contribution in [1.82, 2.24) is 59.8 Å². The van der Waals surface area contributed by atoms with Gasteiger partial charge in [0.05, 0.1) is 32.0 Å². The van der Waals surface area contributed by atoms with E-state index in [0.717, 1.165) is 49.7 Å². The van der Waals surface area contributed by atoms with Gasteiger partial charge in [0.1, 0.15) is 19.8 Å². The molecule has 0 aliphatic heterocycles. The molecular weight excluding hydrogens is 1620 g/mol. The largest absolute Gasteiger partial charge is 0.465 e. The third kappa shape index (κ3) is 36.7. The summed E-state index contributed by atoms with van der Waals surface area (Å²) < 4.78 is 25.9. The van der Waals surface area contributed by atoms with Crippen LogP contribution in [-0.4, -0.2) is 97.2 Å².